The molecule has 7 heterocycles. The number of benzene rings is 2. The van der Waals surface area contributed by atoms with Crippen molar-refractivity contribution in [3.05, 3.63) is 71.2 Å². The largest absolute Gasteiger partial charge is 0.471 e. The normalized spacial score (nSPS) is 20.6. The van der Waals surface area contributed by atoms with Crippen LogP contribution in [-0.2, 0) is 15.9 Å². The fraction of sp³-hybridized carbons (Fsp3) is 0.527. The molecule has 2 spiro atoms. The molecule has 5 aliphatic rings. The van der Waals surface area contributed by atoms with E-state index in [2.05, 4.69) is 90.2 Å². The Morgan fingerprint density at radius 1 is 0.918 bits per heavy atom. The van der Waals surface area contributed by atoms with Crippen LogP contribution in [0.25, 0.3) is 44.6 Å². The molecular weight excluding hydrogens is 1000 g/mol. The summed E-state index contributed by atoms with van der Waals surface area (Å²) in [5.74, 6) is 3.65. The fourth-order valence-electron chi connectivity index (χ4n) is 9.77. The van der Waals surface area contributed by atoms with Crippen molar-refractivity contribution in [2.24, 2.45) is 10.8 Å². The lowest BCUT2D eigenvalue weighted by Gasteiger charge is -2.39. The average molecular weight is 1070 g/mol. The molecule has 3 aliphatic heterocycles. The first-order valence-corrected chi connectivity index (χ1v) is 29.8. The minimum atomic E-state index is -0.893. The number of carbonyl (C=O) groups is 1. The summed E-state index contributed by atoms with van der Waals surface area (Å²) in [4.78, 5) is 32.8. The molecule has 1 unspecified atom stereocenters. The number of nitrogens with one attached hydrogen (secondary N) is 2. The molecule has 16 nitrogen and oxygen atoms in total. The van der Waals surface area contributed by atoms with E-state index in [0.717, 1.165) is 114 Å². The zero-order valence-corrected chi connectivity index (χ0v) is 44.9. The van der Waals surface area contributed by atoms with Crippen molar-refractivity contribution in [3.63, 3.8) is 0 Å². The van der Waals surface area contributed by atoms with Crippen LogP contribution < -0.4 is 14.8 Å². The third-order valence-electron chi connectivity index (χ3n) is 14.1. The Kier molecular flexibility index (Phi) is 16.3. The van der Waals surface area contributed by atoms with Gasteiger partial charge in [0.1, 0.15) is 40.6 Å². The van der Waals surface area contributed by atoms with Gasteiger partial charge in [-0.15, -0.1) is 12.3 Å². The summed E-state index contributed by atoms with van der Waals surface area (Å²) in [6.07, 6.45) is 21.6. The van der Waals surface area contributed by atoms with E-state index < -0.39 is 13.7 Å². The van der Waals surface area contributed by atoms with Gasteiger partial charge in [0, 0.05) is 51.8 Å². The Labute approximate surface area is 438 Å². The number of terminal acetylenes is 1. The van der Waals surface area contributed by atoms with Gasteiger partial charge in [-0.3, -0.25) is 15.1 Å². The number of aromatic nitrogens is 8. The smallest absolute Gasteiger partial charge is 0.410 e. The van der Waals surface area contributed by atoms with Crippen molar-refractivity contribution in [1.29, 1.82) is 5.26 Å². The van der Waals surface area contributed by atoms with E-state index in [9.17, 15) is 4.79 Å². The van der Waals surface area contributed by atoms with Crippen molar-refractivity contribution >= 4 is 51.9 Å². The summed E-state index contributed by atoms with van der Waals surface area (Å²) in [5, 5.41) is 26.7. The van der Waals surface area contributed by atoms with Gasteiger partial charge in [-0.05, 0) is 121 Å². The number of H-pyrrole nitrogens is 1. The van der Waals surface area contributed by atoms with Crippen molar-refractivity contribution in [2.75, 3.05) is 32.8 Å². The molecule has 2 aromatic carbocycles. The van der Waals surface area contributed by atoms with Gasteiger partial charge in [-0.1, -0.05) is 49.1 Å². The topological polar surface area (TPSA) is 191 Å². The van der Waals surface area contributed by atoms with E-state index in [-0.39, 0.29) is 37.4 Å². The Morgan fingerprint density at radius 3 is 2.25 bits per heavy atom. The quantitative estimate of drug-likeness (QED) is 0.103. The lowest BCUT2D eigenvalue weighted by Crippen LogP contribution is -2.51. The Balaban J connectivity index is 0.000000177. The fourth-order valence-corrected chi connectivity index (χ4v) is 10.7. The number of aromatic amines is 1. The van der Waals surface area contributed by atoms with E-state index in [4.69, 9.17) is 40.7 Å². The van der Waals surface area contributed by atoms with Crippen LogP contribution in [0.2, 0.25) is 25.7 Å². The second kappa shape index (κ2) is 22.3. The highest BCUT2D eigenvalue weighted by atomic mass is 79.9. The third-order valence-corrected chi connectivity index (χ3v) is 15.8. The van der Waals surface area contributed by atoms with Gasteiger partial charge in [-0.2, -0.15) is 15.5 Å². The zero-order chi connectivity index (χ0) is 50.7. The molecule has 2 saturated carbocycles. The van der Waals surface area contributed by atoms with Crippen molar-refractivity contribution in [3.8, 4) is 52.9 Å². The number of likely N-dealkylation sites (tertiary alicyclic amines) is 1. The molecule has 386 valence electrons. The Hall–Kier alpha value is -5.92. The van der Waals surface area contributed by atoms with Crippen molar-refractivity contribution < 1.29 is 23.7 Å². The van der Waals surface area contributed by atoms with Crippen LogP contribution in [0.4, 0.5) is 4.79 Å². The van der Waals surface area contributed by atoms with Gasteiger partial charge in [0.25, 0.3) is 0 Å². The van der Waals surface area contributed by atoms with Gasteiger partial charge in [-0.25, -0.2) is 19.4 Å². The summed E-state index contributed by atoms with van der Waals surface area (Å²) in [5.41, 5.74) is 5.53. The number of halogens is 1. The summed E-state index contributed by atoms with van der Waals surface area (Å²) in [7, 11) is -0.893. The van der Waals surface area contributed by atoms with Crippen LogP contribution in [0.3, 0.4) is 0 Å². The number of carbonyl (C=O) groups excluding carboxylic acids is 1. The number of hydrogen-bond acceptors (Lipinski definition) is 13. The van der Waals surface area contributed by atoms with Gasteiger partial charge in [0.2, 0.25) is 11.8 Å². The van der Waals surface area contributed by atoms with E-state index in [0.29, 0.717) is 48.1 Å². The molecule has 73 heavy (non-hydrogen) atoms. The van der Waals surface area contributed by atoms with Crippen LogP contribution in [0, 0.1) is 34.5 Å². The molecule has 0 bridgehead atoms. The standard InChI is InChI=1S/C28H34BrN5O4.C20H20N6O.C6H12Si.CH4/c1-27(2,3)38-26(35)33-12-11-28(9-10-28)22(17-33)37-23-16-30-15-20(31-23)25-19-14-18(29)7-8-21(19)34(32-25)24-6-4-5-13-36-24;21-7-3-13-1-2-15-14(9-13)19(26-25-15)16-10-23-12-18(24-16)27-17-11-22-8-6-20(17)4-5-20;1-5-6-7(2,3)4;/h7-8,14-16,22,24H,4-6,9-13,17H2,1-3H3;1-2,9-10,12,17,22H,3-6,8,11H2,(H,25,26);1H,6H2,2-4H3;1H4/t22-,24?;17-;;/m00../s1. The molecular formula is C55H70BrN11O5Si. The van der Waals surface area contributed by atoms with Crippen LogP contribution in [0.1, 0.15) is 97.8 Å². The monoisotopic (exact) mass is 1070 g/mol. The number of rotatable bonds is 9. The van der Waals surface area contributed by atoms with E-state index in [1.165, 1.54) is 12.8 Å². The van der Waals surface area contributed by atoms with Gasteiger partial charge >= 0.3 is 6.09 Å². The molecule has 11 rings (SSSR count). The first-order chi connectivity index (χ1) is 34.5. The first kappa shape index (κ1) is 53.4. The summed E-state index contributed by atoms with van der Waals surface area (Å²) in [6.45, 7) is 16.3. The second-order valence-corrected chi connectivity index (χ2v) is 28.4. The number of nitrogens with zero attached hydrogens (tertiary/aromatic N) is 9. The minimum absolute atomic E-state index is 0. The maximum atomic E-state index is 12.8. The molecule has 2 N–H and O–H groups in total. The minimum Gasteiger partial charge on any atom is -0.471 e. The lowest BCUT2D eigenvalue weighted by atomic mass is 9.90. The highest BCUT2D eigenvalue weighted by Gasteiger charge is 2.55. The van der Waals surface area contributed by atoms with E-state index in [1.54, 1.807) is 29.7 Å². The maximum absolute atomic E-state index is 12.8. The molecule has 5 fully saturated rings. The molecule has 6 aromatic rings. The van der Waals surface area contributed by atoms with Crippen LogP contribution in [0.5, 0.6) is 11.8 Å². The number of hydrogen-bond donors (Lipinski definition) is 2. The molecule has 3 saturated heterocycles. The third kappa shape index (κ3) is 12.9. The predicted octanol–water partition coefficient (Wildman–Crippen LogP) is 11.3. The molecule has 4 aromatic heterocycles. The van der Waals surface area contributed by atoms with E-state index in [1.807, 2.05) is 49.7 Å². The molecule has 3 atom stereocenters. The van der Waals surface area contributed by atoms with Crippen molar-refractivity contribution in [1.82, 2.24) is 50.1 Å². The molecule has 2 aliphatic carbocycles. The Bertz CT molecular complexity index is 2970. The Morgan fingerprint density at radius 2 is 1.62 bits per heavy atom. The lowest BCUT2D eigenvalue weighted by molar-refractivity contribution is -0.0365. The zero-order valence-electron chi connectivity index (χ0n) is 42.3. The SMILES string of the molecule is C.C#CC[Si](C)(C)C.CC(C)(C)OC(=O)N1CCC2(CC2)[C@@H](Oc2cncc(-c3nn(C4CCCCO4)c4ccc(Br)cc34)n2)C1.N#CCc1ccc2[nH]nc(-c3cncc(O[C@H]4CNCCC45CC5)n3)c2c1. The van der Waals surface area contributed by atoms with Crippen LogP contribution in [0.15, 0.2) is 65.7 Å². The summed E-state index contributed by atoms with van der Waals surface area (Å²) < 4.78 is 27.3. The highest BCUT2D eigenvalue weighted by Crippen LogP contribution is 2.55. The van der Waals surface area contributed by atoms with Gasteiger partial charge in [0.15, 0.2) is 6.23 Å². The molecule has 18 heteroatoms. The van der Waals surface area contributed by atoms with Crippen molar-refractivity contribution in [2.45, 2.75) is 142 Å². The number of fused-ring (bicyclic) bond motifs is 2. The summed E-state index contributed by atoms with van der Waals surface area (Å²) >= 11 is 3.61. The maximum Gasteiger partial charge on any atom is 0.410 e. The van der Waals surface area contributed by atoms with Crippen LogP contribution >= 0.6 is 15.9 Å². The first-order valence-electron chi connectivity index (χ1n) is 25.3. The highest BCUT2D eigenvalue weighted by molar-refractivity contribution is 9.10. The number of nitriles is 1. The number of piperidine rings is 2. The molecule has 0 radical (unpaired) electrons. The number of ether oxygens (including phenoxy) is 4. The predicted molar refractivity (Wildman–Crippen MR) is 290 cm³/mol. The second-order valence-electron chi connectivity index (χ2n) is 22.1. The summed E-state index contributed by atoms with van der Waals surface area (Å²) in [6, 6.07) is 15.2. The van der Waals surface area contributed by atoms with E-state index >= 15 is 0 Å². The van der Waals surface area contributed by atoms with Crippen LogP contribution in [-0.4, -0.2) is 110 Å². The van der Waals surface area contributed by atoms with Gasteiger partial charge < -0.3 is 29.2 Å². The molecule has 1 amide bonds. The average Bonchev–Trinajstić information content (AvgIpc) is 4.23. The number of amides is 1. The van der Waals surface area contributed by atoms with Gasteiger partial charge in [0.05, 0.1) is 62.9 Å².